The molecule has 3 N–H and O–H groups in total. The summed E-state index contributed by atoms with van der Waals surface area (Å²) in [4.78, 5) is 32.1. The van der Waals surface area contributed by atoms with Crippen molar-refractivity contribution in [3.63, 3.8) is 0 Å². The summed E-state index contributed by atoms with van der Waals surface area (Å²) in [6, 6.07) is 14.9. The van der Waals surface area contributed by atoms with Gasteiger partial charge < -0.3 is 14.6 Å². The molecular formula is C29H34N4O4. The number of H-pyrrole nitrogens is 1. The van der Waals surface area contributed by atoms with Gasteiger partial charge in [-0.1, -0.05) is 36.4 Å². The summed E-state index contributed by atoms with van der Waals surface area (Å²) in [7, 11) is 0. The normalized spacial score (nSPS) is 17.6. The van der Waals surface area contributed by atoms with Gasteiger partial charge in [0.25, 0.3) is 5.91 Å². The zero-order valence-corrected chi connectivity index (χ0v) is 21.0. The Hall–Kier alpha value is -3.46. The molecule has 1 aliphatic heterocycles. The number of ether oxygens (including phenoxy) is 1. The Kier molecular flexibility index (Phi) is 7.99. The highest BCUT2D eigenvalue weighted by Gasteiger charge is 2.29. The van der Waals surface area contributed by atoms with E-state index in [2.05, 4.69) is 46.4 Å². The number of aromatic amines is 1. The van der Waals surface area contributed by atoms with Gasteiger partial charge in [0, 0.05) is 61.8 Å². The van der Waals surface area contributed by atoms with Crippen molar-refractivity contribution >= 4 is 28.8 Å². The molecule has 0 saturated carbocycles. The molecule has 1 fully saturated rings. The molecule has 0 bridgehead atoms. The van der Waals surface area contributed by atoms with E-state index in [4.69, 9.17) is 9.94 Å². The number of amides is 2. The molecule has 1 saturated heterocycles. The van der Waals surface area contributed by atoms with Crippen LogP contribution in [0.4, 0.5) is 0 Å². The summed E-state index contributed by atoms with van der Waals surface area (Å²) in [5.74, 6) is -0.354. The number of rotatable bonds is 9. The lowest BCUT2D eigenvalue weighted by Crippen LogP contribution is -2.42. The topological polar surface area (TPSA) is 97.9 Å². The lowest BCUT2D eigenvalue weighted by molar-refractivity contribution is -0.135. The summed E-state index contributed by atoms with van der Waals surface area (Å²) in [6.45, 7) is 4.14. The number of carbonyl (C=O) groups is 2. The number of carbonyl (C=O) groups excluding carboxylic acids is 2. The van der Waals surface area contributed by atoms with E-state index in [1.54, 1.807) is 11.6 Å². The summed E-state index contributed by atoms with van der Waals surface area (Å²) in [5, 5.41) is 9.97. The zero-order chi connectivity index (χ0) is 25.6. The molecule has 1 unspecified atom stereocenters. The first-order valence-corrected chi connectivity index (χ1v) is 13.0. The second-order valence-electron chi connectivity index (χ2n) is 9.71. The van der Waals surface area contributed by atoms with Crippen LogP contribution in [0.3, 0.4) is 0 Å². The van der Waals surface area contributed by atoms with Crippen LogP contribution in [0.15, 0.2) is 54.7 Å². The van der Waals surface area contributed by atoms with Gasteiger partial charge >= 0.3 is 0 Å². The van der Waals surface area contributed by atoms with E-state index in [9.17, 15) is 9.59 Å². The number of benzene rings is 2. The Morgan fingerprint density at radius 2 is 2.00 bits per heavy atom. The minimum Gasteiger partial charge on any atom is -0.378 e. The molecule has 5 rings (SSSR count). The number of fused-ring (bicyclic) bond motifs is 2. The van der Waals surface area contributed by atoms with Crippen LogP contribution >= 0.6 is 0 Å². The van der Waals surface area contributed by atoms with Gasteiger partial charge in [0.2, 0.25) is 5.91 Å². The highest BCUT2D eigenvalue weighted by atomic mass is 16.5. The van der Waals surface area contributed by atoms with Crippen molar-refractivity contribution in [2.24, 2.45) is 0 Å². The maximum atomic E-state index is 12.9. The molecule has 2 amide bonds. The van der Waals surface area contributed by atoms with Gasteiger partial charge in [-0.05, 0) is 53.7 Å². The first-order chi connectivity index (χ1) is 18.1. The van der Waals surface area contributed by atoms with Gasteiger partial charge in [0.05, 0.1) is 13.2 Å². The molecule has 1 aliphatic carbocycles. The zero-order valence-electron chi connectivity index (χ0n) is 21.0. The van der Waals surface area contributed by atoms with E-state index < -0.39 is 5.91 Å². The highest BCUT2D eigenvalue weighted by Crippen LogP contribution is 2.37. The second-order valence-corrected chi connectivity index (χ2v) is 9.71. The first kappa shape index (κ1) is 25.2. The summed E-state index contributed by atoms with van der Waals surface area (Å²) in [5.41, 5.74) is 7.55. The third kappa shape index (κ3) is 5.93. The lowest BCUT2D eigenvalue weighted by atomic mass is 10.0. The van der Waals surface area contributed by atoms with Gasteiger partial charge in [-0.15, -0.1) is 0 Å². The molecule has 1 aromatic heterocycles. The average molecular weight is 503 g/mol. The molecule has 2 heterocycles. The number of hydroxylamine groups is 1. The Labute approximate surface area is 216 Å². The Balaban J connectivity index is 1.32. The molecule has 0 radical (unpaired) electrons. The van der Waals surface area contributed by atoms with Crippen molar-refractivity contribution in [3.8, 4) is 0 Å². The predicted molar refractivity (Wildman–Crippen MR) is 142 cm³/mol. The van der Waals surface area contributed by atoms with Crippen LogP contribution in [0.2, 0.25) is 0 Å². The molecule has 37 heavy (non-hydrogen) atoms. The molecular weight excluding hydrogens is 468 g/mol. The van der Waals surface area contributed by atoms with Crippen LogP contribution in [0.25, 0.3) is 17.0 Å². The molecule has 8 nitrogen and oxygen atoms in total. The van der Waals surface area contributed by atoms with Crippen LogP contribution in [-0.2, 0) is 27.2 Å². The molecule has 194 valence electrons. The molecule has 8 heteroatoms. The SMILES string of the molecule is O=C(/C=C/c1ccc2c(c1)CCC2N(CCC(=O)N1CCOCC1)CCc1c[nH]c2ccccc12)NO. The molecule has 0 spiro atoms. The largest absolute Gasteiger partial charge is 0.378 e. The van der Waals surface area contributed by atoms with Gasteiger partial charge in [-0.25, -0.2) is 5.48 Å². The van der Waals surface area contributed by atoms with E-state index >= 15 is 0 Å². The molecule has 1 atom stereocenters. The molecule has 2 aliphatic rings. The number of aromatic nitrogens is 1. The van der Waals surface area contributed by atoms with Gasteiger partial charge in [-0.2, -0.15) is 0 Å². The summed E-state index contributed by atoms with van der Waals surface area (Å²) in [6.07, 6.45) is 8.48. The second kappa shape index (κ2) is 11.7. The third-order valence-corrected chi connectivity index (χ3v) is 7.51. The standard InChI is InChI=1S/C29H34N4O4/c34-28(31-36)10-6-21-5-8-25-22(19-21)7-9-27(25)32(14-12-29(35)33-15-17-37-18-16-33)13-11-23-20-30-26-4-2-1-3-24(23)26/h1-6,8,10,19-20,27,30,36H,7,9,11-18H2,(H,31,34)/b10-6+. The lowest BCUT2D eigenvalue weighted by Gasteiger charge is -2.32. The number of para-hydroxylation sites is 1. The van der Waals surface area contributed by atoms with Crippen LogP contribution in [0.5, 0.6) is 0 Å². The monoisotopic (exact) mass is 502 g/mol. The molecule has 3 aromatic rings. The van der Waals surface area contributed by atoms with Crippen LogP contribution < -0.4 is 5.48 Å². The van der Waals surface area contributed by atoms with Crippen molar-refractivity contribution in [1.82, 2.24) is 20.3 Å². The Morgan fingerprint density at radius 3 is 2.84 bits per heavy atom. The van der Waals surface area contributed by atoms with E-state index in [0.29, 0.717) is 39.3 Å². The van der Waals surface area contributed by atoms with Crippen LogP contribution in [0, 0.1) is 0 Å². The number of aryl methyl sites for hydroxylation is 1. The van der Waals surface area contributed by atoms with Crippen molar-refractivity contribution in [2.75, 3.05) is 39.4 Å². The molecule has 2 aromatic carbocycles. The Morgan fingerprint density at radius 1 is 1.16 bits per heavy atom. The number of nitrogens with zero attached hydrogens (tertiary/aromatic N) is 2. The number of hydrogen-bond acceptors (Lipinski definition) is 5. The Bertz CT molecular complexity index is 1280. The predicted octanol–water partition coefficient (Wildman–Crippen LogP) is 3.47. The number of nitrogens with one attached hydrogen (secondary N) is 2. The highest BCUT2D eigenvalue weighted by molar-refractivity contribution is 5.90. The fraction of sp³-hybridized carbons (Fsp3) is 0.379. The fourth-order valence-electron chi connectivity index (χ4n) is 5.54. The van der Waals surface area contributed by atoms with Crippen LogP contribution in [-0.4, -0.2) is 71.2 Å². The fourth-order valence-corrected chi connectivity index (χ4v) is 5.54. The number of morpholine rings is 1. The van der Waals surface area contributed by atoms with Crippen molar-refractivity contribution in [1.29, 1.82) is 0 Å². The minimum atomic E-state index is -0.549. The van der Waals surface area contributed by atoms with Crippen molar-refractivity contribution in [3.05, 3.63) is 77.0 Å². The van der Waals surface area contributed by atoms with Gasteiger partial charge in [0.1, 0.15) is 0 Å². The third-order valence-electron chi connectivity index (χ3n) is 7.51. The smallest absolute Gasteiger partial charge is 0.267 e. The van der Waals surface area contributed by atoms with Crippen molar-refractivity contribution < 1.29 is 19.5 Å². The summed E-state index contributed by atoms with van der Waals surface area (Å²) < 4.78 is 5.41. The first-order valence-electron chi connectivity index (χ1n) is 13.0. The maximum Gasteiger partial charge on any atom is 0.267 e. The van der Waals surface area contributed by atoms with Gasteiger partial charge in [-0.3, -0.25) is 19.7 Å². The van der Waals surface area contributed by atoms with E-state index in [1.165, 1.54) is 28.2 Å². The maximum absolute atomic E-state index is 12.9. The van der Waals surface area contributed by atoms with E-state index in [-0.39, 0.29) is 11.9 Å². The van der Waals surface area contributed by atoms with Crippen LogP contribution in [0.1, 0.15) is 41.1 Å². The van der Waals surface area contributed by atoms with E-state index in [1.807, 2.05) is 17.0 Å². The minimum absolute atomic E-state index is 0.196. The van der Waals surface area contributed by atoms with E-state index in [0.717, 1.165) is 36.9 Å². The quantitative estimate of drug-likeness (QED) is 0.237. The van der Waals surface area contributed by atoms with Gasteiger partial charge in [0.15, 0.2) is 0 Å². The van der Waals surface area contributed by atoms with Crippen molar-refractivity contribution in [2.45, 2.75) is 31.7 Å². The summed E-state index contributed by atoms with van der Waals surface area (Å²) >= 11 is 0. The average Bonchev–Trinajstić information content (AvgIpc) is 3.56. The number of hydrogen-bond donors (Lipinski definition) is 3.